The third-order valence-corrected chi connectivity index (χ3v) is 5.33. The molecule has 1 N–H and O–H groups in total. The standard InChI is InChI=1S/C21H40O2S/c1-2-3-4-5-6-7-8-9-10-11-12-13-14-15-16-17-19-24-20-18-21(22)23/h9-10H,2-8,11-20H2,1H3,(H,22,23)/b10-9-. The van der Waals surface area contributed by atoms with Crippen LogP contribution < -0.4 is 0 Å². The third-order valence-electron chi connectivity index (χ3n) is 4.26. The predicted molar refractivity (Wildman–Crippen MR) is 109 cm³/mol. The first-order valence-electron chi connectivity index (χ1n) is 10.2. The van der Waals surface area contributed by atoms with E-state index in [0.717, 1.165) is 11.5 Å². The van der Waals surface area contributed by atoms with Gasteiger partial charge < -0.3 is 5.11 Å². The van der Waals surface area contributed by atoms with Crippen LogP contribution in [0, 0.1) is 0 Å². The molecule has 0 heterocycles. The molecule has 0 aromatic carbocycles. The van der Waals surface area contributed by atoms with Gasteiger partial charge in [-0.05, 0) is 37.9 Å². The van der Waals surface area contributed by atoms with Gasteiger partial charge in [-0.1, -0.05) is 76.9 Å². The SMILES string of the molecule is CCCCCCCC/C=C\CCCCCCCCSCCC(=O)O. The van der Waals surface area contributed by atoms with Gasteiger partial charge in [0.2, 0.25) is 0 Å². The van der Waals surface area contributed by atoms with Crippen molar-refractivity contribution in [3.05, 3.63) is 12.2 Å². The highest BCUT2D eigenvalue weighted by Crippen LogP contribution is 2.12. The van der Waals surface area contributed by atoms with E-state index in [1.807, 2.05) is 0 Å². The van der Waals surface area contributed by atoms with Crippen molar-refractivity contribution in [3.63, 3.8) is 0 Å². The minimum absolute atomic E-state index is 0.303. The summed E-state index contributed by atoms with van der Waals surface area (Å²) in [7, 11) is 0. The Hall–Kier alpha value is -0.440. The number of carboxylic acids is 1. The molecule has 0 aromatic rings. The summed E-state index contributed by atoms with van der Waals surface area (Å²) < 4.78 is 0. The highest BCUT2D eigenvalue weighted by atomic mass is 32.2. The van der Waals surface area contributed by atoms with Gasteiger partial charge in [0.05, 0.1) is 6.42 Å². The van der Waals surface area contributed by atoms with E-state index in [-0.39, 0.29) is 0 Å². The van der Waals surface area contributed by atoms with Gasteiger partial charge in [0, 0.05) is 5.75 Å². The van der Waals surface area contributed by atoms with Crippen LogP contribution in [0.25, 0.3) is 0 Å². The Bertz CT molecular complexity index is 290. The zero-order valence-corrected chi connectivity index (χ0v) is 16.8. The fourth-order valence-electron chi connectivity index (χ4n) is 2.71. The number of rotatable bonds is 19. The Labute approximate surface area is 154 Å². The Morgan fingerprint density at radius 2 is 1.25 bits per heavy atom. The third kappa shape index (κ3) is 21.6. The van der Waals surface area contributed by atoms with E-state index in [1.165, 1.54) is 89.9 Å². The number of aliphatic carboxylic acids is 1. The fourth-order valence-corrected chi connectivity index (χ4v) is 3.64. The van der Waals surface area contributed by atoms with E-state index in [1.54, 1.807) is 11.8 Å². The lowest BCUT2D eigenvalue weighted by Gasteiger charge is -2.01. The van der Waals surface area contributed by atoms with Gasteiger partial charge in [0.15, 0.2) is 0 Å². The highest BCUT2D eigenvalue weighted by Gasteiger charge is 1.96. The molecule has 3 heteroatoms. The van der Waals surface area contributed by atoms with Gasteiger partial charge in [0.1, 0.15) is 0 Å². The molecular formula is C21H40O2S. The average Bonchev–Trinajstić information content (AvgIpc) is 2.56. The molecular weight excluding hydrogens is 316 g/mol. The van der Waals surface area contributed by atoms with Crippen molar-refractivity contribution in [1.29, 1.82) is 0 Å². The number of hydrogen-bond acceptors (Lipinski definition) is 2. The minimum atomic E-state index is -0.677. The molecule has 24 heavy (non-hydrogen) atoms. The summed E-state index contributed by atoms with van der Waals surface area (Å²) in [5, 5.41) is 8.54. The van der Waals surface area contributed by atoms with Crippen molar-refractivity contribution >= 4 is 17.7 Å². The maximum absolute atomic E-state index is 10.4. The largest absolute Gasteiger partial charge is 0.481 e. The molecule has 0 amide bonds. The van der Waals surface area contributed by atoms with Crippen LogP contribution in [-0.4, -0.2) is 22.6 Å². The molecule has 0 fully saturated rings. The molecule has 0 aromatic heterocycles. The molecule has 0 rings (SSSR count). The molecule has 0 saturated heterocycles. The first kappa shape index (κ1) is 23.6. The number of hydrogen-bond donors (Lipinski definition) is 1. The number of thioether (sulfide) groups is 1. The molecule has 0 unspecified atom stereocenters. The number of allylic oxidation sites excluding steroid dienone is 2. The van der Waals surface area contributed by atoms with E-state index < -0.39 is 5.97 Å². The first-order valence-corrected chi connectivity index (χ1v) is 11.4. The maximum Gasteiger partial charge on any atom is 0.304 e. The van der Waals surface area contributed by atoms with Crippen LogP contribution in [0.1, 0.15) is 103 Å². The second-order valence-electron chi connectivity index (χ2n) is 6.69. The van der Waals surface area contributed by atoms with Gasteiger partial charge in [-0.15, -0.1) is 0 Å². The molecule has 0 aliphatic heterocycles. The maximum atomic E-state index is 10.4. The lowest BCUT2D eigenvalue weighted by Crippen LogP contribution is -1.96. The minimum Gasteiger partial charge on any atom is -0.481 e. The normalized spacial score (nSPS) is 11.4. The summed E-state index contributed by atoms with van der Waals surface area (Å²) in [6.07, 6.45) is 23.8. The van der Waals surface area contributed by atoms with Gasteiger partial charge in [0.25, 0.3) is 0 Å². The van der Waals surface area contributed by atoms with Gasteiger partial charge in [-0.2, -0.15) is 11.8 Å². The van der Waals surface area contributed by atoms with Crippen LogP contribution in [0.15, 0.2) is 12.2 Å². The Morgan fingerprint density at radius 3 is 1.79 bits per heavy atom. The molecule has 0 bridgehead atoms. The molecule has 0 atom stereocenters. The molecule has 2 nitrogen and oxygen atoms in total. The van der Waals surface area contributed by atoms with Gasteiger partial charge in [-0.25, -0.2) is 0 Å². The highest BCUT2D eigenvalue weighted by molar-refractivity contribution is 7.99. The van der Waals surface area contributed by atoms with Crippen molar-refractivity contribution in [2.45, 2.75) is 103 Å². The topological polar surface area (TPSA) is 37.3 Å². The van der Waals surface area contributed by atoms with Crippen LogP contribution in [0.5, 0.6) is 0 Å². The van der Waals surface area contributed by atoms with E-state index in [4.69, 9.17) is 5.11 Å². The zero-order chi connectivity index (χ0) is 17.7. The van der Waals surface area contributed by atoms with E-state index in [9.17, 15) is 4.79 Å². The fraction of sp³-hybridized carbons (Fsp3) is 0.857. The van der Waals surface area contributed by atoms with Crippen molar-refractivity contribution in [3.8, 4) is 0 Å². The first-order chi connectivity index (χ1) is 11.8. The van der Waals surface area contributed by atoms with Gasteiger partial charge >= 0.3 is 5.97 Å². The summed E-state index contributed by atoms with van der Waals surface area (Å²) in [6, 6.07) is 0. The van der Waals surface area contributed by atoms with Crippen LogP contribution in [-0.2, 0) is 4.79 Å². The lowest BCUT2D eigenvalue weighted by atomic mass is 10.1. The average molecular weight is 357 g/mol. The molecule has 0 radical (unpaired) electrons. The number of carbonyl (C=O) groups is 1. The molecule has 0 saturated carbocycles. The van der Waals surface area contributed by atoms with E-state index in [2.05, 4.69) is 19.1 Å². The predicted octanol–water partition coefficient (Wildman–Crippen LogP) is 7.23. The summed E-state index contributed by atoms with van der Waals surface area (Å²) in [6.45, 7) is 2.27. The Balaban J connectivity index is 3.06. The second kappa shape index (κ2) is 20.6. The smallest absolute Gasteiger partial charge is 0.304 e. The van der Waals surface area contributed by atoms with Crippen LogP contribution in [0.4, 0.5) is 0 Å². The van der Waals surface area contributed by atoms with E-state index >= 15 is 0 Å². The van der Waals surface area contributed by atoms with Crippen molar-refractivity contribution in [2.24, 2.45) is 0 Å². The summed E-state index contributed by atoms with van der Waals surface area (Å²) >= 11 is 1.78. The monoisotopic (exact) mass is 356 g/mol. The molecule has 0 aliphatic rings. The van der Waals surface area contributed by atoms with E-state index in [0.29, 0.717) is 6.42 Å². The molecule has 0 spiro atoms. The Kier molecular flexibility index (Phi) is 20.2. The molecule has 142 valence electrons. The van der Waals surface area contributed by atoms with Gasteiger partial charge in [-0.3, -0.25) is 4.79 Å². The van der Waals surface area contributed by atoms with Crippen LogP contribution >= 0.6 is 11.8 Å². The van der Waals surface area contributed by atoms with Crippen molar-refractivity contribution in [2.75, 3.05) is 11.5 Å². The summed E-state index contributed by atoms with van der Waals surface area (Å²) in [5.41, 5.74) is 0. The summed E-state index contributed by atoms with van der Waals surface area (Å²) in [4.78, 5) is 10.4. The number of unbranched alkanes of at least 4 members (excludes halogenated alkanes) is 12. The quantitative estimate of drug-likeness (QED) is 0.196. The van der Waals surface area contributed by atoms with Crippen LogP contribution in [0.3, 0.4) is 0 Å². The summed E-state index contributed by atoms with van der Waals surface area (Å²) in [5.74, 6) is 1.21. The zero-order valence-electron chi connectivity index (χ0n) is 15.9. The number of carboxylic acid groups (broad SMARTS) is 1. The van der Waals surface area contributed by atoms with Crippen LogP contribution in [0.2, 0.25) is 0 Å². The second-order valence-corrected chi connectivity index (χ2v) is 7.92. The van der Waals surface area contributed by atoms with Crippen molar-refractivity contribution < 1.29 is 9.90 Å². The molecule has 0 aliphatic carbocycles. The Morgan fingerprint density at radius 1 is 0.750 bits per heavy atom. The van der Waals surface area contributed by atoms with Crippen molar-refractivity contribution in [1.82, 2.24) is 0 Å². The lowest BCUT2D eigenvalue weighted by molar-refractivity contribution is -0.136.